The van der Waals surface area contributed by atoms with Crippen LogP contribution in [0.2, 0.25) is 0 Å². The Labute approximate surface area is 59.0 Å². The molecule has 0 heterocycles. The molecule has 0 bridgehead atoms. The minimum absolute atomic E-state index is 1.22. The number of hydrogen-bond donors (Lipinski definition) is 0. The van der Waals surface area contributed by atoms with E-state index in [9.17, 15) is 0 Å². The summed E-state index contributed by atoms with van der Waals surface area (Å²) in [7, 11) is 0. The largest absolute Gasteiger partial charge is 0.0917 e. The van der Waals surface area contributed by atoms with Gasteiger partial charge in [0.15, 0.2) is 0 Å². The van der Waals surface area contributed by atoms with Gasteiger partial charge in [-0.3, -0.25) is 0 Å². The first-order valence-corrected chi connectivity index (χ1v) is 3.84. The van der Waals surface area contributed by atoms with Gasteiger partial charge in [-0.25, -0.2) is 0 Å². The first kappa shape index (κ1) is 8.74. The van der Waals surface area contributed by atoms with Crippen LogP contribution < -0.4 is 0 Å². The van der Waals surface area contributed by atoms with Crippen molar-refractivity contribution in [2.45, 2.75) is 39.5 Å². The molecule has 0 saturated carbocycles. The molecule has 0 rings (SSSR count). The summed E-state index contributed by atoms with van der Waals surface area (Å²) < 4.78 is 0. The normalized spacial score (nSPS) is 10.9. The maximum absolute atomic E-state index is 2.34. The molecule has 0 aromatic carbocycles. The van der Waals surface area contributed by atoms with E-state index in [-0.39, 0.29) is 0 Å². The maximum Gasteiger partial charge on any atom is -0.0351 e. The van der Waals surface area contributed by atoms with E-state index in [0.29, 0.717) is 0 Å². The summed E-state index contributed by atoms with van der Waals surface area (Å²) in [5, 5.41) is 0. The molecular formula is C9H17. The lowest BCUT2D eigenvalue weighted by Gasteiger charge is -1.92. The Morgan fingerprint density at radius 1 is 1.22 bits per heavy atom. The number of unbranched alkanes of at least 4 members (excludes halogenated alkanes) is 4. The third kappa shape index (κ3) is 7.74. The lowest BCUT2D eigenvalue weighted by Crippen LogP contribution is -1.73. The summed E-state index contributed by atoms with van der Waals surface area (Å²) >= 11 is 0. The molecular weight excluding hydrogens is 108 g/mol. The second-order valence-electron chi connectivity index (χ2n) is 2.20. The van der Waals surface area contributed by atoms with Crippen LogP contribution in [0.3, 0.4) is 0 Å². The highest BCUT2D eigenvalue weighted by molar-refractivity contribution is 4.77. The Morgan fingerprint density at radius 3 is 2.56 bits per heavy atom. The predicted octanol–water partition coefficient (Wildman–Crippen LogP) is 3.35. The molecule has 9 heavy (non-hydrogen) atoms. The zero-order valence-corrected chi connectivity index (χ0v) is 6.56. The molecule has 0 aliphatic carbocycles. The van der Waals surface area contributed by atoms with E-state index < -0.39 is 0 Å². The fraction of sp³-hybridized carbons (Fsp3) is 0.667. The molecule has 0 aliphatic rings. The first-order valence-electron chi connectivity index (χ1n) is 3.84. The van der Waals surface area contributed by atoms with Gasteiger partial charge in [-0.05, 0) is 32.6 Å². The molecule has 0 amide bonds. The van der Waals surface area contributed by atoms with Gasteiger partial charge < -0.3 is 0 Å². The average molecular weight is 125 g/mol. The van der Waals surface area contributed by atoms with E-state index in [1.165, 1.54) is 25.7 Å². The van der Waals surface area contributed by atoms with E-state index in [1.807, 2.05) is 0 Å². The molecule has 0 spiro atoms. The van der Waals surface area contributed by atoms with Crippen LogP contribution in [0.25, 0.3) is 0 Å². The number of allylic oxidation sites excluding steroid dienone is 2. The molecule has 0 nitrogen and oxygen atoms in total. The Hall–Kier alpha value is -0.260. The van der Waals surface area contributed by atoms with E-state index in [1.54, 1.807) is 0 Å². The van der Waals surface area contributed by atoms with Gasteiger partial charge in [0.1, 0.15) is 0 Å². The number of hydrogen-bond acceptors (Lipinski definition) is 0. The van der Waals surface area contributed by atoms with Crippen molar-refractivity contribution in [2.24, 2.45) is 0 Å². The fourth-order valence-corrected chi connectivity index (χ4v) is 0.751. The highest BCUT2D eigenvalue weighted by Crippen LogP contribution is 2.01. The standard InChI is InChI=1S/C9H17/c1-3-5-7-9-8-6-4-2/h3,5-6H,4,7-9H2,1-2H3/b5-3+. The maximum atomic E-state index is 2.34. The van der Waals surface area contributed by atoms with Gasteiger partial charge in [-0.1, -0.05) is 25.5 Å². The fourth-order valence-electron chi connectivity index (χ4n) is 0.751. The van der Waals surface area contributed by atoms with E-state index >= 15 is 0 Å². The Balaban J connectivity index is 2.75. The molecule has 0 aromatic rings. The van der Waals surface area contributed by atoms with Crippen molar-refractivity contribution in [3.8, 4) is 0 Å². The predicted molar refractivity (Wildman–Crippen MR) is 43.3 cm³/mol. The summed E-state index contributed by atoms with van der Waals surface area (Å²) in [6.45, 7) is 4.26. The van der Waals surface area contributed by atoms with Crippen LogP contribution in [0.15, 0.2) is 12.2 Å². The van der Waals surface area contributed by atoms with Crippen LogP contribution >= 0.6 is 0 Å². The van der Waals surface area contributed by atoms with Crippen LogP contribution in [0.1, 0.15) is 39.5 Å². The minimum atomic E-state index is 1.22. The number of rotatable bonds is 5. The monoisotopic (exact) mass is 125 g/mol. The van der Waals surface area contributed by atoms with Crippen molar-refractivity contribution in [3.05, 3.63) is 18.6 Å². The molecule has 0 aromatic heterocycles. The molecule has 53 valence electrons. The summed E-state index contributed by atoms with van der Waals surface area (Å²) in [5.74, 6) is 0. The van der Waals surface area contributed by atoms with E-state index in [4.69, 9.17) is 0 Å². The summed E-state index contributed by atoms with van der Waals surface area (Å²) in [6, 6.07) is 0. The van der Waals surface area contributed by atoms with Crippen LogP contribution in [0.4, 0.5) is 0 Å². The second-order valence-corrected chi connectivity index (χ2v) is 2.20. The van der Waals surface area contributed by atoms with Gasteiger partial charge in [0.25, 0.3) is 0 Å². The lowest BCUT2D eigenvalue weighted by molar-refractivity contribution is 0.797. The van der Waals surface area contributed by atoms with Gasteiger partial charge in [0, 0.05) is 0 Å². The zero-order valence-electron chi connectivity index (χ0n) is 6.56. The van der Waals surface area contributed by atoms with E-state index in [2.05, 4.69) is 32.4 Å². The van der Waals surface area contributed by atoms with Crippen LogP contribution in [-0.2, 0) is 0 Å². The average Bonchev–Trinajstić information content (AvgIpc) is 1.89. The van der Waals surface area contributed by atoms with E-state index in [0.717, 1.165) is 0 Å². The third-order valence-corrected chi connectivity index (χ3v) is 1.30. The summed E-state index contributed by atoms with van der Waals surface area (Å²) in [4.78, 5) is 0. The molecule has 0 aliphatic heterocycles. The molecule has 0 N–H and O–H groups in total. The van der Waals surface area contributed by atoms with Gasteiger partial charge >= 0.3 is 0 Å². The molecule has 0 heteroatoms. The Morgan fingerprint density at radius 2 is 2.00 bits per heavy atom. The van der Waals surface area contributed by atoms with Crippen molar-refractivity contribution >= 4 is 0 Å². The van der Waals surface area contributed by atoms with Crippen molar-refractivity contribution in [1.82, 2.24) is 0 Å². The third-order valence-electron chi connectivity index (χ3n) is 1.30. The highest BCUT2D eigenvalue weighted by Gasteiger charge is 1.82. The van der Waals surface area contributed by atoms with Crippen molar-refractivity contribution in [1.29, 1.82) is 0 Å². The van der Waals surface area contributed by atoms with Gasteiger partial charge in [0.05, 0.1) is 0 Å². The van der Waals surface area contributed by atoms with Gasteiger partial charge in [0.2, 0.25) is 0 Å². The SMILES string of the molecule is C/C=C/CCC[CH]CC. The Bertz CT molecular complexity index is 62.4. The minimum Gasteiger partial charge on any atom is -0.0917 e. The second kappa shape index (κ2) is 7.74. The van der Waals surface area contributed by atoms with Crippen molar-refractivity contribution in [2.75, 3.05) is 0 Å². The molecule has 0 unspecified atom stereocenters. The lowest BCUT2D eigenvalue weighted by atomic mass is 10.1. The van der Waals surface area contributed by atoms with Crippen LogP contribution in [-0.4, -0.2) is 0 Å². The van der Waals surface area contributed by atoms with Crippen LogP contribution in [0, 0.1) is 6.42 Å². The quantitative estimate of drug-likeness (QED) is 0.390. The van der Waals surface area contributed by atoms with Gasteiger partial charge in [-0.15, -0.1) is 0 Å². The smallest absolute Gasteiger partial charge is 0.0351 e. The van der Waals surface area contributed by atoms with Gasteiger partial charge in [-0.2, -0.15) is 0 Å². The Kier molecular flexibility index (Phi) is 7.52. The molecule has 0 atom stereocenters. The molecule has 0 fully saturated rings. The summed E-state index contributed by atoms with van der Waals surface area (Å²) in [5.41, 5.74) is 0. The topological polar surface area (TPSA) is 0 Å². The first-order chi connectivity index (χ1) is 4.41. The summed E-state index contributed by atoms with van der Waals surface area (Å²) in [6.07, 6.45) is 11.7. The van der Waals surface area contributed by atoms with Crippen molar-refractivity contribution in [3.63, 3.8) is 0 Å². The zero-order chi connectivity index (χ0) is 6.95. The highest BCUT2D eigenvalue weighted by atomic mass is 13.9. The molecule has 1 radical (unpaired) electrons. The van der Waals surface area contributed by atoms with Crippen molar-refractivity contribution < 1.29 is 0 Å². The van der Waals surface area contributed by atoms with Crippen LogP contribution in [0.5, 0.6) is 0 Å². The molecule has 0 saturated heterocycles.